The van der Waals surface area contributed by atoms with Crippen molar-refractivity contribution in [3.63, 3.8) is 0 Å². The number of guanidine groups is 1. The second-order valence-electron chi connectivity index (χ2n) is 6.20. The van der Waals surface area contributed by atoms with Gasteiger partial charge in [0, 0.05) is 33.1 Å². The molecule has 2 aliphatic rings. The van der Waals surface area contributed by atoms with Gasteiger partial charge in [-0.15, -0.1) is 10.2 Å². The lowest BCUT2D eigenvalue weighted by Crippen LogP contribution is -2.40. The topological polar surface area (TPSA) is 84.6 Å². The van der Waals surface area contributed by atoms with E-state index in [1.807, 2.05) is 0 Å². The van der Waals surface area contributed by atoms with E-state index in [0.29, 0.717) is 13.1 Å². The van der Waals surface area contributed by atoms with Crippen LogP contribution in [0.25, 0.3) is 0 Å². The van der Waals surface area contributed by atoms with Gasteiger partial charge in [-0.3, -0.25) is 9.79 Å². The zero-order chi connectivity index (χ0) is 16.4. The highest BCUT2D eigenvalue weighted by molar-refractivity contribution is 5.82. The molecule has 8 nitrogen and oxygen atoms in total. The van der Waals surface area contributed by atoms with Crippen molar-refractivity contribution in [2.75, 3.05) is 27.2 Å². The van der Waals surface area contributed by atoms with E-state index in [9.17, 15) is 4.79 Å². The van der Waals surface area contributed by atoms with Crippen molar-refractivity contribution < 1.29 is 9.53 Å². The highest BCUT2D eigenvalue weighted by atomic mass is 16.5. The number of ether oxygens (including phenoxy) is 1. The predicted molar refractivity (Wildman–Crippen MR) is 84.8 cm³/mol. The van der Waals surface area contributed by atoms with Crippen LogP contribution in [0.5, 0.6) is 0 Å². The maximum absolute atomic E-state index is 11.8. The number of carbonyl (C=O) groups excluding carboxylic acids is 1. The second-order valence-corrected chi connectivity index (χ2v) is 6.20. The third kappa shape index (κ3) is 3.02. The van der Waals surface area contributed by atoms with Gasteiger partial charge in [0.2, 0.25) is 0 Å². The number of hydrogen-bond acceptors (Lipinski definition) is 5. The first kappa shape index (κ1) is 15.8. The number of likely N-dealkylation sites (tertiary alicyclic amines) is 1. The lowest BCUT2D eigenvalue weighted by molar-refractivity contribution is -0.145. The first-order chi connectivity index (χ1) is 11.1. The van der Waals surface area contributed by atoms with Crippen LogP contribution in [0, 0.1) is 11.8 Å². The summed E-state index contributed by atoms with van der Waals surface area (Å²) < 4.78 is 7.06. The van der Waals surface area contributed by atoms with E-state index in [0.717, 1.165) is 43.5 Å². The fourth-order valence-electron chi connectivity index (χ4n) is 3.43. The smallest absolute Gasteiger partial charge is 0.310 e. The predicted octanol–water partition coefficient (Wildman–Crippen LogP) is 0.0406. The first-order valence-corrected chi connectivity index (χ1v) is 8.08. The molecule has 2 unspecified atom stereocenters. The highest BCUT2D eigenvalue weighted by Crippen LogP contribution is 2.24. The fourth-order valence-corrected chi connectivity index (χ4v) is 3.43. The third-order valence-electron chi connectivity index (χ3n) is 4.72. The third-order valence-corrected chi connectivity index (χ3v) is 4.72. The van der Waals surface area contributed by atoms with Crippen molar-refractivity contribution in [1.29, 1.82) is 0 Å². The van der Waals surface area contributed by atoms with Gasteiger partial charge in [-0.1, -0.05) is 6.92 Å². The highest BCUT2D eigenvalue weighted by Gasteiger charge is 2.36. The van der Waals surface area contributed by atoms with Crippen molar-refractivity contribution in [2.45, 2.75) is 32.9 Å². The summed E-state index contributed by atoms with van der Waals surface area (Å²) in [6.07, 6.45) is 2.14. The Bertz CT molecular complexity index is 611. The zero-order valence-electron chi connectivity index (χ0n) is 13.9. The standard InChI is InChI=1S/C15H24N6O2/c1-10-8-20(9-11(10)14(22)23-3)15(16-2)17-7-13-19-18-12-5-4-6-21(12)13/h10-11H,4-9H2,1-3H3,(H,16,17). The second kappa shape index (κ2) is 6.55. The number of nitrogens with one attached hydrogen (secondary N) is 1. The van der Waals surface area contributed by atoms with Gasteiger partial charge in [0.05, 0.1) is 19.6 Å². The fraction of sp³-hybridized carbons (Fsp3) is 0.733. The molecule has 2 atom stereocenters. The number of nitrogens with zero attached hydrogens (tertiary/aromatic N) is 5. The number of aromatic nitrogens is 3. The largest absolute Gasteiger partial charge is 0.469 e. The first-order valence-electron chi connectivity index (χ1n) is 8.08. The number of fused-ring (bicyclic) bond motifs is 1. The van der Waals surface area contributed by atoms with Crippen LogP contribution < -0.4 is 5.32 Å². The minimum absolute atomic E-state index is 0.101. The van der Waals surface area contributed by atoms with Gasteiger partial charge in [-0.25, -0.2) is 0 Å². The summed E-state index contributed by atoms with van der Waals surface area (Å²) in [5, 5.41) is 11.8. The van der Waals surface area contributed by atoms with Gasteiger partial charge in [-0.05, 0) is 12.3 Å². The molecule has 1 fully saturated rings. The maximum atomic E-state index is 11.8. The van der Waals surface area contributed by atoms with Crippen LogP contribution in [0.3, 0.4) is 0 Å². The molecule has 8 heteroatoms. The zero-order valence-corrected chi connectivity index (χ0v) is 13.9. The lowest BCUT2D eigenvalue weighted by Gasteiger charge is -2.21. The average molecular weight is 320 g/mol. The Kier molecular flexibility index (Phi) is 4.49. The molecule has 1 saturated heterocycles. The van der Waals surface area contributed by atoms with E-state index < -0.39 is 0 Å². The van der Waals surface area contributed by atoms with Gasteiger partial charge in [0.15, 0.2) is 11.8 Å². The molecule has 1 aromatic heterocycles. The van der Waals surface area contributed by atoms with Gasteiger partial charge >= 0.3 is 5.97 Å². The molecule has 0 amide bonds. The summed E-state index contributed by atoms with van der Waals surface area (Å²) in [6, 6.07) is 0. The summed E-state index contributed by atoms with van der Waals surface area (Å²) in [5.41, 5.74) is 0. The summed E-state index contributed by atoms with van der Waals surface area (Å²) >= 11 is 0. The minimum Gasteiger partial charge on any atom is -0.469 e. The van der Waals surface area contributed by atoms with Crippen molar-refractivity contribution in [1.82, 2.24) is 25.0 Å². The van der Waals surface area contributed by atoms with Crippen LogP contribution >= 0.6 is 0 Å². The molecular formula is C15H24N6O2. The normalized spacial score (nSPS) is 24.0. The summed E-state index contributed by atoms with van der Waals surface area (Å²) in [4.78, 5) is 18.3. The number of esters is 1. The Morgan fingerprint density at radius 2 is 2.26 bits per heavy atom. The Balaban J connectivity index is 1.61. The van der Waals surface area contributed by atoms with Gasteiger partial charge in [0.25, 0.3) is 0 Å². The van der Waals surface area contributed by atoms with Crippen molar-refractivity contribution >= 4 is 11.9 Å². The molecule has 0 aliphatic carbocycles. The average Bonchev–Trinajstić information content (AvgIpc) is 3.24. The molecule has 3 heterocycles. The van der Waals surface area contributed by atoms with Crippen molar-refractivity contribution in [3.05, 3.63) is 11.6 Å². The van der Waals surface area contributed by atoms with Gasteiger partial charge in [0.1, 0.15) is 5.82 Å². The van der Waals surface area contributed by atoms with Crippen LogP contribution in [0.4, 0.5) is 0 Å². The maximum Gasteiger partial charge on any atom is 0.310 e. The molecule has 2 aliphatic heterocycles. The number of methoxy groups -OCH3 is 1. The number of aryl methyl sites for hydroxylation is 1. The molecular weight excluding hydrogens is 296 g/mol. The Labute approximate surface area is 135 Å². The number of rotatable bonds is 3. The van der Waals surface area contributed by atoms with Crippen LogP contribution in [-0.2, 0) is 29.0 Å². The summed E-state index contributed by atoms with van der Waals surface area (Å²) in [6.45, 7) is 5.07. The molecule has 0 saturated carbocycles. The van der Waals surface area contributed by atoms with E-state index >= 15 is 0 Å². The van der Waals surface area contributed by atoms with Crippen LogP contribution in [-0.4, -0.2) is 58.8 Å². The summed E-state index contributed by atoms with van der Waals surface area (Å²) in [5.74, 6) is 2.80. The lowest BCUT2D eigenvalue weighted by atomic mass is 9.99. The molecule has 0 bridgehead atoms. The molecule has 0 aromatic carbocycles. The van der Waals surface area contributed by atoms with Gasteiger partial charge in [-0.2, -0.15) is 0 Å². The van der Waals surface area contributed by atoms with E-state index in [-0.39, 0.29) is 17.8 Å². The molecule has 1 aromatic rings. The van der Waals surface area contributed by atoms with E-state index in [2.05, 4.69) is 36.9 Å². The Morgan fingerprint density at radius 3 is 3.00 bits per heavy atom. The molecule has 0 radical (unpaired) electrons. The van der Waals surface area contributed by atoms with Crippen LogP contribution in [0.15, 0.2) is 4.99 Å². The van der Waals surface area contributed by atoms with E-state index in [4.69, 9.17) is 4.74 Å². The Morgan fingerprint density at radius 1 is 1.43 bits per heavy atom. The molecule has 3 rings (SSSR count). The number of carbonyl (C=O) groups is 1. The minimum atomic E-state index is -0.147. The van der Waals surface area contributed by atoms with Crippen molar-refractivity contribution in [3.8, 4) is 0 Å². The van der Waals surface area contributed by atoms with Gasteiger partial charge < -0.3 is 19.5 Å². The van der Waals surface area contributed by atoms with Crippen LogP contribution in [0.1, 0.15) is 25.0 Å². The summed E-state index contributed by atoms with van der Waals surface area (Å²) in [7, 11) is 3.20. The Hall–Kier alpha value is -2.12. The number of aliphatic imine (C=N–C) groups is 1. The molecule has 126 valence electrons. The molecule has 23 heavy (non-hydrogen) atoms. The van der Waals surface area contributed by atoms with E-state index in [1.165, 1.54) is 7.11 Å². The quantitative estimate of drug-likeness (QED) is 0.481. The van der Waals surface area contributed by atoms with Crippen molar-refractivity contribution in [2.24, 2.45) is 16.8 Å². The number of hydrogen-bond donors (Lipinski definition) is 1. The van der Waals surface area contributed by atoms with Crippen LogP contribution in [0.2, 0.25) is 0 Å². The van der Waals surface area contributed by atoms with E-state index in [1.54, 1.807) is 7.05 Å². The molecule has 0 spiro atoms. The monoisotopic (exact) mass is 320 g/mol. The SMILES string of the molecule is CN=C(NCc1nnc2n1CCC2)N1CC(C)C(C(=O)OC)C1. The molecule has 1 N–H and O–H groups in total.